The Bertz CT molecular complexity index is 992. The van der Waals surface area contributed by atoms with Gasteiger partial charge in [-0.3, -0.25) is 14.2 Å². The highest BCUT2D eigenvalue weighted by Crippen LogP contribution is 2.24. The number of benzene rings is 2. The van der Waals surface area contributed by atoms with Crippen molar-refractivity contribution in [1.82, 2.24) is 4.57 Å². The fourth-order valence-corrected chi connectivity index (χ4v) is 2.73. The van der Waals surface area contributed by atoms with Gasteiger partial charge in [-0.25, -0.2) is 0 Å². The van der Waals surface area contributed by atoms with Gasteiger partial charge < -0.3 is 10.1 Å². The van der Waals surface area contributed by atoms with Crippen molar-refractivity contribution in [2.24, 2.45) is 0 Å². The van der Waals surface area contributed by atoms with Crippen molar-refractivity contribution in [3.05, 3.63) is 77.2 Å². The second-order valence-corrected chi connectivity index (χ2v) is 5.82. The number of carbonyl (C=O) groups excluding carboxylic acids is 1. The van der Waals surface area contributed by atoms with Crippen LogP contribution in [0.3, 0.4) is 0 Å². The van der Waals surface area contributed by atoms with E-state index in [9.17, 15) is 9.59 Å². The first-order valence-electron chi connectivity index (χ1n) is 8.41. The van der Waals surface area contributed by atoms with Gasteiger partial charge in [0.1, 0.15) is 5.75 Å². The number of anilines is 1. The Morgan fingerprint density at radius 2 is 1.85 bits per heavy atom. The lowest BCUT2D eigenvalue weighted by Crippen LogP contribution is -2.16. The van der Waals surface area contributed by atoms with E-state index in [0.717, 1.165) is 16.9 Å². The lowest BCUT2D eigenvalue weighted by atomic mass is 10.1. The van der Waals surface area contributed by atoms with Crippen molar-refractivity contribution in [2.75, 3.05) is 11.9 Å². The first-order valence-corrected chi connectivity index (χ1v) is 8.41. The number of nitrogens with one attached hydrogen (secondary N) is 1. The number of pyridine rings is 1. The van der Waals surface area contributed by atoms with E-state index in [1.54, 1.807) is 35.0 Å². The molecule has 26 heavy (non-hydrogen) atoms. The molecule has 3 aromatic rings. The van der Waals surface area contributed by atoms with Crippen LogP contribution in [0, 0.1) is 0 Å². The summed E-state index contributed by atoms with van der Waals surface area (Å²) in [6.45, 7) is 3.98. The number of carbonyl (C=O) groups is 1. The van der Waals surface area contributed by atoms with E-state index in [0.29, 0.717) is 18.0 Å². The van der Waals surface area contributed by atoms with E-state index >= 15 is 0 Å². The summed E-state index contributed by atoms with van der Waals surface area (Å²) < 4.78 is 7.11. The maximum Gasteiger partial charge on any atom is 0.255 e. The van der Waals surface area contributed by atoms with Gasteiger partial charge in [0.15, 0.2) is 0 Å². The average Bonchev–Trinajstić information content (AvgIpc) is 2.62. The van der Waals surface area contributed by atoms with Gasteiger partial charge in [0.2, 0.25) is 5.91 Å². The summed E-state index contributed by atoms with van der Waals surface area (Å²) in [5, 5.41) is 2.73. The van der Waals surface area contributed by atoms with Crippen LogP contribution in [-0.2, 0) is 4.79 Å². The fraction of sp³-hybridized carbons (Fsp3) is 0.143. The Hall–Kier alpha value is -3.34. The van der Waals surface area contributed by atoms with E-state index in [1.807, 2.05) is 37.3 Å². The zero-order chi connectivity index (χ0) is 18.5. The van der Waals surface area contributed by atoms with Gasteiger partial charge >= 0.3 is 0 Å². The summed E-state index contributed by atoms with van der Waals surface area (Å²) in [5.41, 5.74) is 3.04. The number of amides is 1. The first kappa shape index (κ1) is 17.5. The molecule has 2 aromatic carbocycles. The standard InChI is InChI=1S/C21H20N2O3/c1-3-26-20-9-4-6-16(12-20)17-10-11-21(25)23(14-17)19-8-5-7-18(13-19)22-15(2)24/h4-14H,3H2,1-2H3,(H,22,24). The zero-order valence-corrected chi connectivity index (χ0v) is 14.7. The third kappa shape index (κ3) is 4.00. The Balaban J connectivity index is 2.02. The third-order valence-electron chi connectivity index (χ3n) is 3.83. The van der Waals surface area contributed by atoms with Gasteiger partial charge in [0.25, 0.3) is 5.56 Å². The Kier molecular flexibility index (Phi) is 5.17. The predicted molar refractivity (Wildman–Crippen MR) is 103 cm³/mol. The summed E-state index contributed by atoms with van der Waals surface area (Å²) in [5.74, 6) is 0.631. The number of aromatic nitrogens is 1. The third-order valence-corrected chi connectivity index (χ3v) is 3.83. The SMILES string of the molecule is CCOc1cccc(-c2ccc(=O)n(-c3cccc(NC(C)=O)c3)c2)c1. The molecule has 0 saturated carbocycles. The Morgan fingerprint density at radius 3 is 2.62 bits per heavy atom. The van der Waals surface area contributed by atoms with Crippen LogP contribution >= 0.6 is 0 Å². The molecular weight excluding hydrogens is 328 g/mol. The van der Waals surface area contributed by atoms with E-state index in [-0.39, 0.29) is 11.5 Å². The van der Waals surface area contributed by atoms with Crippen molar-refractivity contribution in [3.63, 3.8) is 0 Å². The zero-order valence-electron chi connectivity index (χ0n) is 14.7. The highest BCUT2D eigenvalue weighted by molar-refractivity contribution is 5.88. The average molecular weight is 348 g/mol. The molecule has 1 heterocycles. The maximum absolute atomic E-state index is 12.4. The lowest BCUT2D eigenvalue weighted by Gasteiger charge is -2.11. The Labute approximate surface area is 151 Å². The van der Waals surface area contributed by atoms with Crippen molar-refractivity contribution in [1.29, 1.82) is 0 Å². The fourth-order valence-electron chi connectivity index (χ4n) is 2.73. The molecule has 0 radical (unpaired) electrons. The second-order valence-electron chi connectivity index (χ2n) is 5.82. The molecule has 1 amide bonds. The van der Waals surface area contributed by atoms with Gasteiger partial charge in [-0.15, -0.1) is 0 Å². The van der Waals surface area contributed by atoms with Crippen LogP contribution in [0.1, 0.15) is 13.8 Å². The van der Waals surface area contributed by atoms with Crippen LogP contribution < -0.4 is 15.6 Å². The van der Waals surface area contributed by atoms with Crippen LogP contribution in [0.5, 0.6) is 5.75 Å². The molecule has 3 rings (SSSR count). The largest absolute Gasteiger partial charge is 0.494 e. The van der Waals surface area contributed by atoms with Crippen molar-refractivity contribution < 1.29 is 9.53 Å². The van der Waals surface area contributed by atoms with Crippen LogP contribution in [0.4, 0.5) is 5.69 Å². The number of hydrogen-bond donors (Lipinski definition) is 1. The van der Waals surface area contributed by atoms with E-state index in [4.69, 9.17) is 4.74 Å². The van der Waals surface area contributed by atoms with Crippen LogP contribution in [0.15, 0.2) is 71.7 Å². The van der Waals surface area contributed by atoms with E-state index < -0.39 is 0 Å². The van der Waals surface area contributed by atoms with Gasteiger partial charge in [0.05, 0.1) is 12.3 Å². The van der Waals surface area contributed by atoms with Gasteiger partial charge in [-0.05, 0) is 54.4 Å². The summed E-state index contributed by atoms with van der Waals surface area (Å²) in [7, 11) is 0. The molecule has 0 spiro atoms. The Morgan fingerprint density at radius 1 is 1.04 bits per heavy atom. The van der Waals surface area contributed by atoms with Gasteiger partial charge in [-0.1, -0.05) is 18.2 Å². The summed E-state index contributed by atoms with van der Waals surface area (Å²) in [6.07, 6.45) is 1.79. The van der Waals surface area contributed by atoms with Crippen molar-refractivity contribution in [2.45, 2.75) is 13.8 Å². The predicted octanol–water partition coefficient (Wildman–Crippen LogP) is 3.86. The van der Waals surface area contributed by atoms with Crippen LogP contribution in [0.2, 0.25) is 0 Å². The van der Waals surface area contributed by atoms with Gasteiger partial charge in [-0.2, -0.15) is 0 Å². The highest BCUT2D eigenvalue weighted by Gasteiger charge is 2.06. The molecule has 0 aliphatic heterocycles. The molecule has 5 heteroatoms. The van der Waals surface area contributed by atoms with Gasteiger partial charge in [0, 0.05) is 24.9 Å². The number of hydrogen-bond acceptors (Lipinski definition) is 3. The van der Waals surface area contributed by atoms with Crippen molar-refractivity contribution >= 4 is 11.6 Å². The van der Waals surface area contributed by atoms with Crippen LogP contribution in [-0.4, -0.2) is 17.1 Å². The quantitative estimate of drug-likeness (QED) is 0.761. The highest BCUT2D eigenvalue weighted by atomic mass is 16.5. The number of ether oxygens (including phenoxy) is 1. The normalized spacial score (nSPS) is 10.4. The molecule has 0 aliphatic rings. The number of rotatable bonds is 5. The summed E-state index contributed by atoms with van der Waals surface area (Å²) >= 11 is 0. The maximum atomic E-state index is 12.4. The monoisotopic (exact) mass is 348 g/mol. The minimum atomic E-state index is -0.156. The van der Waals surface area contributed by atoms with E-state index in [1.165, 1.54) is 13.0 Å². The minimum absolute atomic E-state index is 0.144. The molecule has 0 saturated heterocycles. The minimum Gasteiger partial charge on any atom is -0.494 e. The molecule has 1 N–H and O–H groups in total. The molecule has 0 unspecified atom stereocenters. The molecular formula is C21H20N2O3. The van der Waals surface area contributed by atoms with Crippen molar-refractivity contribution in [3.8, 4) is 22.6 Å². The van der Waals surface area contributed by atoms with Crippen LogP contribution in [0.25, 0.3) is 16.8 Å². The molecule has 0 fully saturated rings. The first-order chi connectivity index (χ1) is 12.6. The topological polar surface area (TPSA) is 60.3 Å². The summed E-state index contributed by atoms with van der Waals surface area (Å²) in [6, 6.07) is 18.3. The molecule has 0 atom stereocenters. The second kappa shape index (κ2) is 7.70. The molecule has 1 aromatic heterocycles. The molecule has 5 nitrogen and oxygen atoms in total. The molecule has 132 valence electrons. The molecule has 0 bridgehead atoms. The van der Waals surface area contributed by atoms with E-state index in [2.05, 4.69) is 5.32 Å². The number of nitrogens with zero attached hydrogens (tertiary/aromatic N) is 1. The lowest BCUT2D eigenvalue weighted by molar-refractivity contribution is -0.114. The molecule has 0 aliphatic carbocycles. The summed E-state index contributed by atoms with van der Waals surface area (Å²) in [4.78, 5) is 23.6. The smallest absolute Gasteiger partial charge is 0.255 e.